The first-order valence-electron chi connectivity index (χ1n) is 6.15. The SMILES string of the molecule is CCc1cc(C(O)Cc2nc(C)cs2)c(O)cc1O. The molecule has 1 atom stereocenters. The van der Waals surface area contributed by atoms with Gasteiger partial charge in [-0.15, -0.1) is 11.3 Å². The van der Waals surface area contributed by atoms with Crippen molar-refractivity contribution in [1.82, 2.24) is 4.98 Å². The number of aryl methyl sites for hydroxylation is 2. The van der Waals surface area contributed by atoms with Crippen molar-refractivity contribution in [3.8, 4) is 11.5 Å². The maximum absolute atomic E-state index is 10.2. The molecule has 0 spiro atoms. The van der Waals surface area contributed by atoms with Gasteiger partial charge in [0.05, 0.1) is 11.1 Å². The Kier molecular flexibility index (Phi) is 4.07. The van der Waals surface area contributed by atoms with Gasteiger partial charge in [-0.2, -0.15) is 0 Å². The Morgan fingerprint density at radius 3 is 2.58 bits per heavy atom. The zero-order chi connectivity index (χ0) is 14.0. The standard InChI is InChI=1S/C14H17NO3S/c1-3-9-4-10(12(17)5-11(9)16)13(18)6-14-15-8(2)7-19-14/h4-5,7,13,16-18H,3,6H2,1-2H3. The van der Waals surface area contributed by atoms with Crippen molar-refractivity contribution < 1.29 is 15.3 Å². The Hall–Kier alpha value is -1.59. The lowest BCUT2D eigenvalue weighted by atomic mass is 10.0. The van der Waals surface area contributed by atoms with Crippen molar-refractivity contribution in [2.45, 2.75) is 32.8 Å². The second-order valence-electron chi connectivity index (χ2n) is 4.50. The molecule has 19 heavy (non-hydrogen) atoms. The summed E-state index contributed by atoms with van der Waals surface area (Å²) in [7, 11) is 0. The average molecular weight is 279 g/mol. The molecule has 0 saturated carbocycles. The monoisotopic (exact) mass is 279 g/mol. The van der Waals surface area contributed by atoms with Gasteiger partial charge in [-0.05, 0) is 25.0 Å². The Morgan fingerprint density at radius 1 is 1.26 bits per heavy atom. The van der Waals surface area contributed by atoms with Crippen LogP contribution in [0.15, 0.2) is 17.5 Å². The summed E-state index contributed by atoms with van der Waals surface area (Å²) in [6, 6.07) is 2.93. The van der Waals surface area contributed by atoms with Gasteiger partial charge in [-0.3, -0.25) is 0 Å². The Labute approximate surface area is 116 Å². The zero-order valence-corrected chi connectivity index (χ0v) is 11.7. The minimum atomic E-state index is -0.823. The van der Waals surface area contributed by atoms with E-state index in [4.69, 9.17) is 0 Å². The molecule has 4 nitrogen and oxygen atoms in total. The van der Waals surface area contributed by atoms with Crippen LogP contribution in [0.5, 0.6) is 11.5 Å². The summed E-state index contributed by atoms with van der Waals surface area (Å²) < 4.78 is 0. The molecule has 2 rings (SSSR count). The molecule has 0 fully saturated rings. The first-order valence-corrected chi connectivity index (χ1v) is 7.03. The highest BCUT2D eigenvalue weighted by molar-refractivity contribution is 7.09. The van der Waals surface area contributed by atoms with Gasteiger partial charge in [0.2, 0.25) is 0 Å². The lowest BCUT2D eigenvalue weighted by Crippen LogP contribution is -2.03. The van der Waals surface area contributed by atoms with Crippen molar-refractivity contribution >= 4 is 11.3 Å². The van der Waals surface area contributed by atoms with E-state index in [0.717, 1.165) is 10.7 Å². The van der Waals surface area contributed by atoms with Gasteiger partial charge in [-0.25, -0.2) is 4.98 Å². The van der Waals surface area contributed by atoms with E-state index in [0.29, 0.717) is 24.0 Å². The van der Waals surface area contributed by atoms with Crippen LogP contribution in [0.2, 0.25) is 0 Å². The number of rotatable bonds is 4. The van der Waals surface area contributed by atoms with Crippen LogP contribution in [0.25, 0.3) is 0 Å². The number of hydrogen-bond donors (Lipinski definition) is 3. The molecular weight excluding hydrogens is 262 g/mol. The molecule has 0 aliphatic heterocycles. The Balaban J connectivity index is 2.25. The van der Waals surface area contributed by atoms with Gasteiger partial charge in [0.15, 0.2) is 0 Å². The fourth-order valence-electron chi connectivity index (χ4n) is 1.96. The average Bonchev–Trinajstić information content (AvgIpc) is 2.74. The topological polar surface area (TPSA) is 73.6 Å². The summed E-state index contributed by atoms with van der Waals surface area (Å²) >= 11 is 1.49. The third kappa shape index (κ3) is 3.05. The van der Waals surface area contributed by atoms with E-state index in [1.54, 1.807) is 6.07 Å². The molecule has 0 saturated heterocycles. The number of thiazole rings is 1. The summed E-state index contributed by atoms with van der Waals surface area (Å²) in [5.74, 6) is -0.0310. The van der Waals surface area contributed by atoms with Crippen LogP contribution in [-0.2, 0) is 12.8 Å². The summed E-state index contributed by atoms with van der Waals surface area (Å²) in [6.45, 7) is 3.81. The first kappa shape index (κ1) is 13.8. The zero-order valence-electron chi connectivity index (χ0n) is 10.9. The molecule has 0 radical (unpaired) electrons. The number of benzene rings is 1. The number of aromatic hydroxyl groups is 2. The third-order valence-corrected chi connectivity index (χ3v) is 3.99. The van der Waals surface area contributed by atoms with Gasteiger partial charge in [0, 0.05) is 29.1 Å². The summed E-state index contributed by atoms with van der Waals surface area (Å²) in [6.07, 6.45) is 0.179. The second-order valence-corrected chi connectivity index (χ2v) is 5.44. The molecule has 5 heteroatoms. The van der Waals surface area contributed by atoms with Gasteiger partial charge < -0.3 is 15.3 Å². The van der Waals surface area contributed by atoms with E-state index >= 15 is 0 Å². The predicted molar refractivity (Wildman–Crippen MR) is 74.7 cm³/mol. The largest absolute Gasteiger partial charge is 0.508 e. The third-order valence-electron chi connectivity index (χ3n) is 3.00. The summed E-state index contributed by atoms with van der Waals surface area (Å²) in [5, 5.41) is 32.4. The molecule has 1 aromatic heterocycles. The predicted octanol–water partition coefficient (Wildman–Crippen LogP) is 2.70. The second kappa shape index (κ2) is 5.59. The molecule has 0 amide bonds. The number of phenolic OH excluding ortho intramolecular Hbond substituents is 2. The summed E-state index contributed by atoms with van der Waals surface area (Å²) in [4.78, 5) is 4.29. The van der Waals surface area contributed by atoms with Gasteiger partial charge in [0.1, 0.15) is 11.5 Å². The van der Waals surface area contributed by atoms with Crippen LogP contribution >= 0.6 is 11.3 Å². The van der Waals surface area contributed by atoms with Crippen molar-refractivity contribution in [2.75, 3.05) is 0 Å². The van der Waals surface area contributed by atoms with E-state index in [1.165, 1.54) is 17.4 Å². The van der Waals surface area contributed by atoms with Crippen molar-refractivity contribution in [3.05, 3.63) is 39.3 Å². The molecule has 2 aromatic rings. The molecule has 1 heterocycles. The van der Waals surface area contributed by atoms with E-state index in [-0.39, 0.29) is 11.5 Å². The highest BCUT2D eigenvalue weighted by atomic mass is 32.1. The fraction of sp³-hybridized carbons (Fsp3) is 0.357. The van der Waals surface area contributed by atoms with Crippen LogP contribution in [0.3, 0.4) is 0 Å². The van der Waals surface area contributed by atoms with Gasteiger partial charge in [-0.1, -0.05) is 6.92 Å². The number of aromatic nitrogens is 1. The van der Waals surface area contributed by atoms with Crippen LogP contribution < -0.4 is 0 Å². The van der Waals surface area contributed by atoms with Crippen molar-refractivity contribution in [1.29, 1.82) is 0 Å². The first-order chi connectivity index (χ1) is 9.01. The molecule has 1 aromatic carbocycles. The number of aliphatic hydroxyl groups excluding tert-OH is 1. The maximum atomic E-state index is 10.2. The number of phenols is 2. The number of hydrogen-bond acceptors (Lipinski definition) is 5. The maximum Gasteiger partial charge on any atom is 0.125 e. The molecule has 0 aliphatic rings. The van der Waals surface area contributed by atoms with E-state index in [1.807, 2.05) is 19.2 Å². The van der Waals surface area contributed by atoms with E-state index < -0.39 is 6.10 Å². The fourth-order valence-corrected chi connectivity index (χ4v) is 2.77. The van der Waals surface area contributed by atoms with Gasteiger partial charge >= 0.3 is 0 Å². The minimum Gasteiger partial charge on any atom is -0.508 e. The lowest BCUT2D eigenvalue weighted by Gasteiger charge is -2.14. The quantitative estimate of drug-likeness (QED) is 0.804. The van der Waals surface area contributed by atoms with Crippen LogP contribution in [-0.4, -0.2) is 20.3 Å². The van der Waals surface area contributed by atoms with Crippen LogP contribution in [0.4, 0.5) is 0 Å². The van der Waals surface area contributed by atoms with Crippen LogP contribution in [0.1, 0.15) is 34.9 Å². The van der Waals surface area contributed by atoms with E-state index in [2.05, 4.69) is 4.98 Å². The molecule has 102 valence electrons. The van der Waals surface area contributed by atoms with Crippen molar-refractivity contribution in [2.24, 2.45) is 0 Å². The highest BCUT2D eigenvalue weighted by Gasteiger charge is 2.17. The molecular formula is C14H17NO3S. The van der Waals surface area contributed by atoms with E-state index in [9.17, 15) is 15.3 Å². The molecule has 3 N–H and O–H groups in total. The van der Waals surface area contributed by atoms with Gasteiger partial charge in [0.25, 0.3) is 0 Å². The van der Waals surface area contributed by atoms with Crippen molar-refractivity contribution in [3.63, 3.8) is 0 Å². The Bertz CT molecular complexity index is 580. The number of aliphatic hydroxyl groups is 1. The lowest BCUT2D eigenvalue weighted by molar-refractivity contribution is 0.174. The molecule has 0 aliphatic carbocycles. The van der Waals surface area contributed by atoms with Crippen LogP contribution in [0, 0.1) is 6.92 Å². The summed E-state index contributed by atoms with van der Waals surface area (Å²) in [5.41, 5.74) is 2.07. The molecule has 1 unspecified atom stereocenters. The minimum absolute atomic E-state index is 0.0565. The highest BCUT2D eigenvalue weighted by Crippen LogP contribution is 2.33. The smallest absolute Gasteiger partial charge is 0.125 e. The number of nitrogens with zero attached hydrogens (tertiary/aromatic N) is 1. The normalized spacial score (nSPS) is 12.6. The molecule has 0 bridgehead atoms. The Morgan fingerprint density at radius 2 is 2.00 bits per heavy atom.